The number of rotatable bonds is 6. The maximum absolute atomic E-state index is 13.3. The molecule has 0 bridgehead atoms. The summed E-state index contributed by atoms with van der Waals surface area (Å²) in [5.41, 5.74) is 4.59. The van der Waals surface area contributed by atoms with Crippen LogP contribution in [0.4, 0.5) is 0 Å². The van der Waals surface area contributed by atoms with E-state index in [0.29, 0.717) is 22.3 Å². The normalized spacial score (nSPS) is 10.6. The minimum Gasteiger partial charge on any atom is -0.507 e. The number of benzene rings is 4. The number of hydrazine groups is 1. The van der Waals surface area contributed by atoms with E-state index in [2.05, 4.69) is 0 Å². The zero-order chi connectivity index (χ0) is 27.4. The van der Waals surface area contributed by atoms with E-state index >= 15 is 0 Å². The van der Waals surface area contributed by atoms with Crippen molar-refractivity contribution in [3.05, 3.63) is 126 Å². The van der Waals surface area contributed by atoms with Gasteiger partial charge in [-0.05, 0) is 28.8 Å². The van der Waals surface area contributed by atoms with E-state index in [1.165, 1.54) is 18.4 Å². The van der Waals surface area contributed by atoms with Gasteiger partial charge in [0, 0.05) is 16.7 Å². The van der Waals surface area contributed by atoms with Gasteiger partial charge in [0.05, 0.1) is 11.1 Å². The number of aromatic hydroxyl groups is 1. The molecule has 0 saturated carbocycles. The van der Waals surface area contributed by atoms with Crippen LogP contribution in [-0.4, -0.2) is 23.0 Å². The third-order valence-corrected chi connectivity index (χ3v) is 6.13. The number of carbonyl (C=O) groups excluding carboxylic acids is 3. The fourth-order valence-electron chi connectivity index (χ4n) is 4.38. The second-order valence-electron chi connectivity index (χ2n) is 8.48. The van der Waals surface area contributed by atoms with Crippen molar-refractivity contribution in [2.45, 2.75) is 0 Å². The van der Waals surface area contributed by atoms with Crippen molar-refractivity contribution in [2.24, 2.45) is 5.84 Å². The molecule has 0 saturated heterocycles. The average Bonchev–Trinajstić information content (AvgIpc) is 3.43. The Morgan fingerprint density at radius 2 is 1.23 bits per heavy atom. The molecule has 0 atom stereocenters. The Balaban J connectivity index is 1.56. The lowest BCUT2D eigenvalue weighted by molar-refractivity contribution is 0.0374. The number of nitrogens with one attached hydrogen (secondary N) is 1. The number of hydrogen-bond donors (Lipinski definition) is 3. The molecule has 0 aliphatic carbocycles. The summed E-state index contributed by atoms with van der Waals surface area (Å²) in [6, 6.07) is 29.4. The molecule has 0 fully saturated rings. The Labute approximate surface area is 223 Å². The van der Waals surface area contributed by atoms with Crippen LogP contribution < -0.4 is 11.3 Å². The number of nitrogens with two attached hydrogens (primary N) is 1. The smallest absolute Gasteiger partial charge is 0.382 e. The summed E-state index contributed by atoms with van der Waals surface area (Å²) in [7, 11) is 0. The molecule has 4 N–H and O–H groups in total. The van der Waals surface area contributed by atoms with E-state index < -0.39 is 17.8 Å². The molecule has 192 valence electrons. The molecular formula is C31H22N2O6. The van der Waals surface area contributed by atoms with Crippen LogP contribution in [0.25, 0.3) is 33.4 Å². The lowest BCUT2D eigenvalue weighted by Crippen LogP contribution is -2.32. The zero-order valence-corrected chi connectivity index (χ0v) is 20.5. The number of carbonyl (C=O) groups is 3. The van der Waals surface area contributed by atoms with Gasteiger partial charge >= 0.3 is 11.9 Å². The Hall–Kier alpha value is -5.47. The quantitative estimate of drug-likeness (QED) is 0.0878. The number of esters is 2. The monoisotopic (exact) mass is 518 g/mol. The van der Waals surface area contributed by atoms with Gasteiger partial charge in [-0.25, -0.2) is 15.4 Å². The molecule has 0 spiro atoms. The third-order valence-electron chi connectivity index (χ3n) is 6.13. The van der Waals surface area contributed by atoms with Crippen LogP contribution in [0.3, 0.4) is 0 Å². The molecule has 1 heterocycles. The van der Waals surface area contributed by atoms with Crippen molar-refractivity contribution < 1.29 is 28.6 Å². The Bertz CT molecular complexity index is 1660. The van der Waals surface area contributed by atoms with E-state index in [1.54, 1.807) is 30.3 Å². The van der Waals surface area contributed by atoms with Crippen LogP contribution >= 0.6 is 0 Å². The van der Waals surface area contributed by atoms with Crippen molar-refractivity contribution in [1.29, 1.82) is 0 Å². The first-order valence-electron chi connectivity index (χ1n) is 11.9. The first kappa shape index (κ1) is 25.2. The molecule has 8 nitrogen and oxygen atoms in total. The standard InChI is InChI=1S/C31H22N2O6/c32-33-29(35)27-22(16-17-24(34)26(27)21-14-8-3-9-15-21)30(36)39-31(37)28-25(20-12-6-2-7-13-20)23(18-38-28)19-10-4-1-5-11-19/h1-18,34H,32H2,(H,33,35). The molecule has 5 rings (SSSR count). The summed E-state index contributed by atoms with van der Waals surface area (Å²) in [6.45, 7) is 0. The average molecular weight is 519 g/mol. The van der Waals surface area contributed by atoms with E-state index in [-0.39, 0.29) is 28.2 Å². The van der Waals surface area contributed by atoms with Gasteiger partial charge in [-0.15, -0.1) is 0 Å². The first-order chi connectivity index (χ1) is 19.0. The number of phenolic OH excluding ortho intramolecular Hbond substituents is 1. The van der Waals surface area contributed by atoms with Crippen molar-refractivity contribution >= 4 is 17.8 Å². The molecule has 5 aromatic rings. The number of nitrogen functional groups attached to an aromatic ring is 1. The molecule has 8 heteroatoms. The highest BCUT2D eigenvalue weighted by Crippen LogP contribution is 2.38. The van der Waals surface area contributed by atoms with Crippen LogP contribution in [0.5, 0.6) is 5.75 Å². The topological polar surface area (TPSA) is 132 Å². The van der Waals surface area contributed by atoms with Crippen molar-refractivity contribution in [3.8, 4) is 39.1 Å². The van der Waals surface area contributed by atoms with Gasteiger partial charge in [-0.3, -0.25) is 10.2 Å². The van der Waals surface area contributed by atoms with Crippen molar-refractivity contribution in [2.75, 3.05) is 0 Å². The van der Waals surface area contributed by atoms with Gasteiger partial charge in [0.2, 0.25) is 5.76 Å². The highest BCUT2D eigenvalue weighted by atomic mass is 16.6. The number of amides is 1. The summed E-state index contributed by atoms with van der Waals surface area (Å²) in [5, 5.41) is 10.6. The predicted octanol–water partition coefficient (Wildman–Crippen LogP) is 5.59. The largest absolute Gasteiger partial charge is 0.507 e. The van der Waals surface area contributed by atoms with Gasteiger partial charge in [-0.1, -0.05) is 91.0 Å². The molecule has 1 aromatic heterocycles. The van der Waals surface area contributed by atoms with Gasteiger partial charge < -0.3 is 14.3 Å². The Kier molecular flexibility index (Phi) is 7.02. The second kappa shape index (κ2) is 10.9. The number of furan rings is 1. The molecule has 0 aliphatic rings. The lowest BCUT2D eigenvalue weighted by Gasteiger charge is -2.14. The molecule has 39 heavy (non-hydrogen) atoms. The summed E-state index contributed by atoms with van der Waals surface area (Å²) < 4.78 is 10.9. The SMILES string of the molecule is NNC(=O)c1c(C(=O)OC(=O)c2occ(-c3ccccc3)c2-c2ccccc2)ccc(O)c1-c1ccccc1. The van der Waals surface area contributed by atoms with E-state index in [1.807, 2.05) is 66.1 Å². The van der Waals surface area contributed by atoms with Crippen LogP contribution in [0.2, 0.25) is 0 Å². The lowest BCUT2D eigenvalue weighted by atomic mass is 9.93. The number of ether oxygens (including phenoxy) is 1. The van der Waals surface area contributed by atoms with Crippen LogP contribution in [0, 0.1) is 0 Å². The highest BCUT2D eigenvalue weighted by molar-refractivity contribution is 6.14. The van der Waals surface area contributed by atoms with Crippen molar-refractivity contribution in [1.82, 2.24) is 5.43 Å². The van der Waals surface area contributed by atoms with Crippen molar-refractivity contribution in [3.63, 3.8) is 0 Å². The Morgan fingerprint density at radius 1 is 0.692 bits per heavy atom. The van der Waals surface area contributed by atoms with Crippen LogP contribution in [-0.2, 0) is 4.74 Å². The van der Waals surface area contributed by atoms with Gasteiger partial charge in [0.15, 0.2) is 0 Å². The maximum atomic E-state index is 13.3. The van der Waals surface area contributed by atoms with E-state index in [9.17, 15) is 19.5 Å². The summed E-state index contributed by atoms with van der Waals surface area (Å²) in [5.74, 6) is 1.94. The number of hydrogen-bond acceptors (Lipinski definition) is 7. The molecular weight excluding hydrogens is 496 g/mol. The molecule has 0 unspecified atom stereocenters. The minimum atomic E-state index is -1.12. The van der Waals surface area contributed by atoms with E-state index in [4.69, 9.17) is 15.0 Å². The molecule has 4 aromatic carbocycles. The van der Waals surface area contributed by atoms with Gasteiger partial charge in [0.1, 0.15) is 12.0 Å². The minimum absolute atomic E-state index is 0.0646. The van der Waals surface area contributed by atoms with Crippen LogP contribution in [0.1, 0.15) is 31.3 Å². The zero-order valence-electron chi connectivity index (χ0n) is 20.5. The van der Waals surface area contributed by atoms with Crippen LogP contribution in [0.15, 0.2) is 114 Å². The molecule has 0 radical (unpaired) electrons. The third kappa shape index (κ3) is 4.92. The first-order valence-corrected chi connectivity index (χ1v) is 11.9. The molecule has 1 amide bonds. The summed E-state index contributed by atoms with van der Waals surface area (Å²) >= 11 is 0. The predicted molar refractivity (Wildman–Crippen MR) is 145 cm³/mol. The van der Waals surface area contributed by atoms with E-state index in [0.717, 1.165) is 5.56 Å². The maximum Gasteiger partial charge on any atom is 0.382 e. The van der Waals surface area contributed by atoms with Gasteiger partial charge in [0.25, 0.3) is 5.91 Å². The fraction of sp³-hybridized carbons (Fsp3) is 0. The Morgan fingerprint density at radius 3 is 1.79 bits per heavy atom. The fourth-order valence-corrected chi connectivity index (χ4v) is 4.38. The molecule has 0 aliphatic heterocycles. The summed E-state index contributed by atoms with van der Waals surface area (Å²) in [6.07, 6.45) is 1.43. The van der Waals surface area contributed by atoms with Gasteiger partial charge in [-0.2, -0.15) is 0 Å². The highest BCUT2D eigenvalue weighted by Gasteiger charge is 2.30. The second-order valence-corrected chi connectivity index (χ2v) is 8.48. The number of phenols is 1. The summed E-state index contributed by atoms with van der Waals surface area (Å²) in [4.78, 5) is 39.4.